The minimum Gasteiger partial charge on any atom is -0.377 e. The first-order chi connectivity index (χ1) is 6.64. The van der Waals surface area contributed by atoms with Crippen molar-refractivity contribution in [1.82, 2.24) is 5.06 Å². The molecule has 86 valence electrons. The normalized spacial score (nSPS) is 12.4. The molecule has 0 aliphatic carbocycles. The molecule has 0 heterocycles. The smallest absolute Gasteiger partial charge is 0.377 e. The number of hydroxylamine groups is 2. The summed E-state index contributed by atoms with van der Waals surface area (Å²) in [6.45, 7) is 3.14. The number of rotatable bonds is 8. The molecule has 5 nitrogen and oxygen atoms in total. The summed E-state index contributed by atoms with van der Waals surface area (Å²) in [5.41, 5.74) is 0. The maximum Gasteiger partial charge on any atom is 0.500 e. The van der Waals surface area contributed by atoms with Crippen LogP contribution in [0.2, 0.25) is 6.04 Å². The Kier molecular flexibility index (Phi) is 7.34. The Morgan fingerprint density at radius 1 is 1.14 bits per heavy atom. The van der Waals surface area contributed by atoms with Crippen LogP contribution in [0, 0.1) is 0 Å². The van der Waals surface area contributed by atoms with E-state index in [1.54, 1.807) is 21.3 Å². The molecule has 0 fully saturated rings. The van der Waals surface area contributed by atoms with Crippen molar-refractivity contribution >= 4 is 8.80 Å². The second-order valence-corrected chi connectivity index (χ2v) is 6.04. The molecule has 0 aromatic carbocycles. The van der Waals surface area contributed by atoms with Crippen LogP contribution in [0.25, 0.3) is 0 Å². The predicted octanol–water partition coefficient (Wildman–Crippen LogP) is 0.966. The highest BCUT2D eigenvalue weighted by Crippen LogP contribution is 2.14. The van der Waals surface area contributed by atoms with E-state index in [4.69, 9.17) is 13.3 Å². The fourth-order valence-corrected chi connectivity index (χ4v) is 2.90. The molecule has 0 bridgehead atoms. The van der Waals surface area contributed by atoms with Crippen LogP contribution in [0.3, 0.4) is 0 Å². The summed E-state index contributed by atoms with van der Waals surface area (Å²) in [6, 6.07) is 0.716. The number of hydrogen-bond donors (Lipinski definition) is 1. The van der Waals surface area contributed by atoms with Gasteiger partial charge >= 0.3 is 8.80 Å². The van der Waals surface area contributed by atoms with Gasteiger partial charge in [-0.3, -0.25) is 0 Å². The molecule has 0 amide bonds. The van der Waals surface area contributed by atoms with E-state index in [2.05, 4.69) is 0 Å². The minimum absolute atomic E-state index is 0.612. The molecule has 0 rings (SSSR count). The first-order valence-corrected chi connectivity index (χ1v) is 6.66. The van der Waals surface area contributed by atoms with Crippen LogP contribution in [0.5, 0.6) is 0 Å². The topological polar surface area (TPSA) is 51.2 Å². The third-order valence-electron chi connectivity index (χ3n) is 2.20. The van der Waals surface area contributed by atoms with Crippen LogP contribution in [0.1, 0.15) is 13.3 Å². The number of hydrogen-bond acceptors (Lipinski definition) is 5. The van der Waals surface area contributed by atoms with Crippen LogP contribution in [-0.4, -0.2) is 53.5 Å². The van der Waals surface area contributed by atoms with E-state index in [1.165, 1.54) is 5.06 Å². The predicted molar refractivity (Wildman–Crippen MR) is 55.2 cm³/mol. The Morgan fingerprint density at radius 3 is 2.00 bits per heavy atom. The lowest BCUT2D eigenvalue weighted by atomic mass is 10.5. The average Bonchev–Trinajstić information content (AvgIpc) is 2.25. The Balaban J connectivity index is 3.82. The van der Waals surface area contributed by atoms with Crippen LogP contribution in [-0.2, 0) is 13.3 Å². The molecule has 0 radical (unpaired) electrons. The Hall–Kier alpha value is 0.0169. The van der Waals surface area contributed by atoms with Crippen molar-refractivity contribution in [3.8, 4) is 0 Å². The average molecular weight is 223 g/mol. The molecule has 14 heavy (non-hydrogen) atoms. The van der Waals surface area contributed by atoms with Gasteiger partial charge in [0.25, 0.3) is 0 Å². The summed E-state index contributed by atoms with van der Waals surface area (Å²) in [5, 5.41) is 10.5. The molecule has 0 unspecified atom stereocenters. The zero-order valence-corrected chi connectivity index (χ0v) is 10.4. The van der Waals surface area contributed by atoms with Gasteiger partial charge in [-0.25, -0.2) is 0 Å². The van der Waals surface area contributed by atoms with Gasteiger partial charge in [0.2, 0.25) is 0 Å². The zero-order valence-electron chi connectivity index (χ0n) is 9.45. The second kappa shape index (κ2) is 7.33. The van der Waals surface area contributed by atoms with Crippen LogP contribution in [0.4, 0.5) is 0 Å². The highest BCUT2D eigenvalue weighted by Gasteiger charge is 2.36. The van der Waals surface area contributed by atoms with Gasteiger partial charge in [-0.2, -0.15) is 5.06 Å². The van der Waals surface area contributed by atoms with Gasteiger partial charge in [0, 0.05) is 40.5 Å². The van der Waals surface area contributed by atoms with Crippen LogP contribution in [0.15, 0.2) is 0 Å². The Morgan fingerprint density at radius 2 is 1.64 bits per heavy atom. The summed E-state index contributed by atoms with van der Waals surface area (Å²) < 4.78 is 15.7. The first kappa shape index (κ1) is 14.0. The van der Waals surface area contributed by atoms with Crippen molar-refractivity contribution in [3.05, 3.63) is 0 Å². The van der Waals surface area contributed by atoms with E-state index in [0.717, 1.165) is 6.42 Å². The lowest BCUT2D eigenvalue weighted by Crippen LogP contribution is -2.43. The Bertz CT molecular complexity index is 135. The third kappa shape index (κ3) is 4.49. The molecule has 1 N–H and O–H groups in total. The van der Waals surface area contributed by atoms with E-state index in [-0.39, 0.29) is 0 Å². The standard InChI is InChI=1S/C8H21NO4Si/c1-5-9(10)7-6-8-14(11-2,12-3)13-4/h10H,5-8H2,1-4H3. The molecule has 0 aromatic rings. The third-order valence-corrected chi connectivity index (χ3v) is 5.03. The maximum atomic E-state index is 9.20. The minimum atomic E-state index is -2.43. The van der Waals surface area contributed by atoms with Crippen molar-refractivity contribution in [2.75, 3.05) is 34.4 Å². The summed E-state index contributed by atoms with van der Waals surface area (Å²) >= 11 is 0. The van der Waals surface area contributed by atoms with Gasteiger partial charge in [0.15, 0.2) is 0 Å². The summed E-state index contributed by atoms with van der Waals surface area (Å²) in [4.78, 5) is 0. The van der Waals surface area contributed by atoms with Crippen molar-refractivity contribution in [1.29, 1.82) is 0 Å². The van der Waals surface area contributed by atoms with Crippen molar-refractivity contribution < 1.29 is 18.5 Å². The van der Waals surface area contributed by atoms with E-state index in [9.17, 15) is 5.21 Å². The quantitative estimate of drug-likeness (QED) is 0.491. The molecule has 6 heteroatoms. The second-order valence-electron chi connectivity index (χ2n) is 2.95. The summed E-state index contributed by atoms with van der Waals surface area (Å²) in [6.07, 6.45) is 0.798. The molecular formula is C8H21NO4Si. The molecular weight excluding hydrogens is 202 g/mol. The van der Waals surface area contributed by atoms with Crippen LogP contribution >= 0.6 is 0 Å². The zero-order chi connectivity index (χ0) is 11.0. The molecule has 0 saturated carbocycles. The Labute approximate surface area is 86.9 Å². The van der Waals surface area contributed by atoms with Gasteiger partial charge < -0.3 is 18.5 Å². The van der Waals surface area contributed by atoms with E-state index < -0.39 is 8.80 Å². The van der Waals surface area contributed by atoms with Gasteiger partial charge in [0.05, 0.1) is 0 Å². The lowest BCUT2D eigenvalue weighted by molar-refractivity contribution is -0.0863. The fourth-order valence-electron chi connectivity index (χ4n) is 1.19. The fraction of sp³-hybridized carbons (Fsp3) is 1.00. The molecule has 0 aromatic heterocycles. The van der Waals surface area contributed by atoms with Crippen LogP contribution < -0.4 is 0 Å². The highest BCUT2D eigenvalue weighted by atomic mass is 28.4. The van der Waals surface area contributed by atoms with E-state index in [0.29, 0.717) is 19.1 Å². The monoisotopic (exact) mass is 223 g/mol. The lowest BCUT2D eigenvalue weighted by Gasteiger charge is -2.24. The SMILES string of the molecule is CCN(O)CCC[Si](OC)(OC)OC. The molecule has 0 saturated heterocycles. The van der Waals surface area contributed by atoms with E-state index >= 15 is 0 Å². The van der Waals surface area contributed by atoms with Gasteiger partial charge in [-0.1, -0.05) is 6.92 Å². The molecule has 0 aliphatic rings. The van der Waals surface area contributed by atoms with Crippen molar-refractivity contribution in [2.45, 2.75) is 19.4 Å². The molecule has 0 atom stereocenters. The molecule has 0 spiro atoms. The van der Waals surface area contributed by atoms with Gasteiger partial charge in [0.1, 0.15) is 0 Å². The largest absolute Gasteiger partial charge is 0.500 e. The highest BCUT2D eigenvalue weighted by molar-refractivity contribution is 6.60. The van der Waals surface area contributed by atoms with Crippen molar-refractivity contribution in [2.24, 2.45) is 0 Å². The summed E-state index contributed by atoms with van der Waals surface area (Å²) in [7, 11) is 2.34. The summed E-state index contributed by atoms with van der Waals surface area (Å²) in [5.74, 6) is 0. The van der Waals surface area contributed by atoms with Gasteiger partial charge in [-0.15, -0.1) is 0 Å². The van der Waals surface area contributed by atoms with Gasteiger partial charge in [-0.05, 0) is 6.42 Å². The molecule has 0 aliphatic heterocycles. The van der Waals surface area contributed by atoms with Crippen molar-refractivity contribution in [3.63, 3.8) is 0 Å². The number of nitrogens with zero attached hydrogens (tertiary/aromatic N) is 1. The maximum absolute atomic E-state index is 9.20. The first-order valence-electron chi connectivity index (χ1n) is 4.73. The van der Waals surface area contributed by atoms with E-state index in [1.807, 2.05) is 6.92 Å².